The van der Waals surface area contributed by atoms with Crippen molar-refractivity contribution in [1.29, 1.82) is 0 Å². The number of benzene rings is 2. The van der Waals surface area contributed by atoms with Crippen LogP contribution >= 0.6 is 0 Å². The summed E-state index contributed by atoms with van der Waals surface area (Å²) >= 11 is 0. The van der Waals surface area contributed by atoms with Crippen molar-refractivity contribution in [2.24, 2.45) is 0 Å². The van der Waals surface area contributed by atoms with Crippen LogP contribution in [0.25, 0.3) is 10.9 Å². The van der Waals surface area contributed by atoms with E-state index in [0.29, 0.717) is 5.56 Å². The van der Waals surface area contributed by atoms with Crippen LogP contribution in [0.5, 0.6) is 0 Å². The Morgan fingerprint density at radius 3 is 2.46 bits per heavy atom. The molecule has 4 heteroatoms. The number of aryl methyl sites for hydroxylation is 1. The first-order valence-corrected chi connectivity index (χ1v) is 9.96. The average Bonchev–Trinajstić information content (AvgIpc) is 2.68. The minimum atomic E-state index is -0.121. The Hall–Kier alpha value is -2.88. The second-order valence-electron chi connectivity index (χ2n) is 8.67. The number of nitrogens with zero attached hydrogens (tertiary/aromatic N) is 1. The Labute approximate surface area is 166 Å². The molecule has 0 atom stereocenters. The highest BCUT2D eigenvalue weighted by Crippen LogP contribution is 2.32. The lowest BCUT2D eigenvalue weighted by Gasteiger charge is -2.19. The first kappa shape index (κ1) is 18.5. The molecule has 3 N–H and O–H groups in total. The summed E-state index contributed by atoms with van der Waals surface area (Å²) in [5, 5.41) is 3.91. The highest BCUT2D eigenvalue weighted by Gasteiger charge is 2.17. The van der Waals surface area contributed by atoms with E-state index in [-0.39, 0.29) is 11.3 Å². The summed E-state index contributed by atoms with van der Waals surface area (Å²) in [5.41, 5.74) is 13.1. The summed E-state index contributed by atoms with van der Waals surface area (Å²) in [4.78, 5) is 17.5. The number of carbonyl (C=O) groups excluding carboxylic acids is 1. The van der Waals surface area contributed by atoms with Gasteiger partial charge in [0.15, 0.2) is 0 Å². The van der Waals surface area contributed by atoms with Gasteiger partial charge in [0.25, 0.3) is 5.91 Å². The average molecular weight is 374 g/mol. The first-order valence-electron chi connectivity index (χ1n) is 9.96. The van der Waals surface area contributed by atoms with E-state index in [9.17, 15) is 4.79 Å². The van der Waals surface area contributed by atoms with E-state index in [1.54, 1.807) is 0 Å². The zero-order chi connectivity index (χ0) is 19.9. The van der Waals surface area contributed by atoms with Crippen LogP contribution in [0.3, 0.4) is 0 Å². The van der Waals surface area contributed by atoms with Crippen LogP contribution in [0, 0.1) is 0 Å². The van der Waals surface area contributed by atoms with Crippen molar-refractivity contribution in [2.75, 3.05) is 11.1 Å². The standard InChI is InChI=1S/C24H27N3O/c1-24(2,3)16-10-8-15(9-11-16)23(28)26-17-12-13-21-19(14-17)22(25)18-6-4-5-7-20(18)27-21/h8-14H,4-7H2,1-3H3,(H2,25,27)(H,26,28). The van der Waals surface area contributed by atoms with Gasteiger partial charge in [0, 0.05) is 28.0 Å². The van der Waals surface area contributed by atoms with Gasteiger partial charge in [-0.15, -0.1) is 0 Å². The van der Waals surface area contributed by atoms with Crippen molar-refractivity contribution < 1.29 is 4.79 Å². The summed E-state index contributed by atoms with van der Waals surface area (Å²) < 4.78 is 0. The molecule has 1 amide bonds. The zero-order valence-corrected chi connectivity index (χ0v) is 16.8. The molecule has 0 radical (unpaired) electrons. The van der Waals surface area contributed by atoms with E-state index in [1.807, 2.05) is 42.5 Å². The number of pyridine rings is 1. The molecule has 0 saturated heterocycles. The van der Waals surface area contributed by atoms with Crippen molar-refractivity contribution in [1.82, 2.24) is 4.98 Å². The molecule has 4 rings (SSSR count). The SMILES string of the molecule is CC(C)(C)c1ccc(C(=O)Nc2ccc3nc4c(c(N)c3c2)CCCC4)cc1. The second kappa shape index (κ2) is 6.93. The van der Waals surface area contributed by atoms with Crippen molar-refractivity contribution in [3.63, 3.8) is 0 Å². The fourth-order valence-electron chi connectivity index (χ4n) is 3.86. The summed E-state index contributed by atoms with van der Waals surface area (Å²) in [6.07, 6.45) is 4.32. The first-order chi connectivity index (χ1) is 13.3. The molecule has 4 nitrogen and oxygen atoms in total. The number of fused-ring (bicyclic) bond motifs is 2. The molecule has 2 aromatic carbocycles. The molecular weight excluding hydrogens is 346 g/mol. The number of nitrogens with one attached hydrogen (secondary N) is 1. The van der Waals surface area contributed by atoms with Crippen LogP contribution in [0.4, 0.5) is 11.4 Å². The summed E-state index contributed by atoms with van der Waals surface area (Å²) in [5.74, 6) is -0.121. The maximum Gasteiger partial charge on any atom is 0.255 e. The van der Waals surface area contributed by atoms with Crippen LogP contribution in [0.1, 0.15) is 60.8 Å². The van der Waals surface area contributed by atoms with E-state index < -0.39 is 0 Å². The number of nitrogen functional groups attached to an aromatic ring is 1. The highest BCUT2D eigenvalue weighted by molar-refractivity contribution is 6.06. The van der Waals surface area contributed by atoms with Gasteiger partial charge in [-0.25, -0.2) is 0 Å². The lowest BCUT2D eigenvalue weighted by atomic mass is 9.87. The molecule has 28 heavy (non-hydrogen) atoms. The van der Waals surface area contributed by atoms with E-state index >= 15 is 0 Å². The number of carbonyl (C=O) groups is 1. The number of anilines is 2. The van der Waals surface area contributed by atoms with Crippen LogP contribution in [-0.2, 0) is 18.3 Å². The van der Waals surface area contributed by atoms with E-state index in [0.717, 1.165) is 47.2 Å². The van der Waals surface area contributed by atoms with E-state index in [1.165, 1.54) is 17.5 Å². The Balaban J connectivity index is 1.61. The number of amides is 1. The maximum atomic E-state index is 12.7. The second-order valence-corrected chi connectivity index (χ2v) is 8.67. The minimum Gasteiger partial charge on any atom is -0.398 e. The van der Waals surface area contributed by atoms with Crippen molar-refractivity contribution in [2.45, 2.75) is 51.9 Å². The third-order valence-corrected chi connectivity index (χ3v) is 5.58. The topological polar surface area (TPSA) is 68.0 Å². The van der Waals surface area contributed by atoms with Gasteiger partial charge in [-0.05, 0) is 72.6 Å². The van der Waals surface area contributed by atoms with Gasteiger partial charge >= 0.3 is 0 Å². The molecule has 1 aliphatic carbocycles. The molecule has 0 unspecified atom stereocenters. The predicted octanol–water partition coefficient (Wildman–Crippen LogP) is 5.25. The number of rotatable bonds is 2. The van der Waals surface area contributed by atoms with Gasteiger partial charge in [-0.3, -0.25) is 9.78 Å². The predicted molar refractivity (Wildman–Crippen MR) is 116 cm³/mol. The highest BCUT2D eigenvalue weighted by atomic mass is 16.1. The molecule has 0 bridgehead atoms. The summed E-state index contributed by atoms with van der Waals surface area (Å²) in [6.45, 7) is 6.48. The smallest absolute Gasteiger partial charge is 0.255 e. The number of aromatic nitrogens is 1. The third-order valence-electron chi connectivity index (χ3n) is 5.58. The zero-order valence-electron chi connectivity index (χ0n) is 16.8. The Morgan fingerprint density at radius 2 is 1.75 bits per heavy atom. The Morgan fingerprint density at radius 1 is 1.04 bits per heavy atom. The molecule has 1 aromatic heterocycles. The third kappa shape index (κ3) is 3.47. The van der Waals surface area contributed by atoms with E-state index in [4.69, 9.17) is 10.7 Å². The normalized spacial score (nSPS) is 14.0. The lowest BCUT2D eigenvalue weighted by Crippen LogP contribution is -2.14. The van der Waals surface area contributed by atoms with Gasteiger partial charge in [0.05, 0.1) is 5.52 Å². The van der Waals surface area contributed by atoms with Crippen molar-refractivity contribution in [3.8, 4) is 0 Å². The van der Waals surface area contributed by atoms with Gasteiger partial charge in [-0.2, -0.15) is 0 Å². The quantitative estimate of drug-likeness (QED) is 0.645. The van der Waals surface area contributed by atoms with Crippen LogP contribution in [0.15, 0.2) is 42.5 Å². The lowest BCUT2D eigenvalue weighted by molar-refractivity contribution is 0.102. The monoisotopic (exact) mass is 373 g/mol. The largest absolute Gasteiger partial charge is 0.398 e. The number of hydrogen-bond acceptors (Lipinski definition) is 3. The van der Waals surface area contributed by atoms with Gasteiger partial charge in [0.2, 0.25) is 0 Å². The van der Waals surface area contributed by atoms with Crippen LogP contribution < -0.4 is 11.1 Å². The number of hydrogen-bond donors (Lipinski definition) is 2. The Bertz CT molecular complexity index is 1050. The van der Waals surface area contributed by atoms with Crippen molar-refractivity contribution in [3.05, 3.63) is 64.8 Å². The number of nitrogens with two attached hydrogens (primary N) is 1. The molecule has 0 saturated carbocycles. The maximum absolute atomic E-state index is 12.7. The molecule has 3 aromatic rings. The molecule has 0 spiro atoms. The van der Waals surface area contributed by atoms with Crippen molar-refractivity contribution >= 4 is 28.2 Å². The summed E-state index contributed by atoms with van der Waals surface area (Å²) in [6, 6.07) is 13.6. The molecule has 0 fully saturated rings. The minimum absolute atomic E-state index is 0.0665. The van der Waals surface area contributed by atoms with Gasteiger partial charge in [0.1, 0.15) is 0 Å². The van der Waals surface area contributed by atoms with Crippen LogP contribution in [0.2, 0.25) is 0 Å². The molecule has 144 valence electrons. The van der Waals surface area contributed by atoms with E-state index in [2.05, 4.69) is 26.1 Å². The van der Waals surface area contributed by atoms with Gasteiger partial charge < -0.3 is 11.1 Å². The molecule has 1 heterocycles. The fourth-order valence-corrected chi connectivity index (χ4v) is 3.86. The van der Waals surface area contributed by atoms with Gasteiger partial charge in [-0.1, -0.05) is 32.9 Å². The molecular formula is C24H27N3O. The fraction of sp³-hybridized carbons (Fsp3) is 0.333. The molecule has 1 aliphatic rings. The summed E-state index contributed by atoms with van der Waals surface area (Å²) in [7, 11) is 0. The van der Waals surface area contributed by atoms with Crippen LogP contribution in [-0.4, -0.2) is 10.9 Å². The Kier molecular flexibility index (Phi) is 4.58. The molecule has 0 aliphatic heterocycles.